The van der Waals surface area contributed by atoms with Crippen molar-refractivity contribution in [2.45, 2.75) is 0 Å². The summed E-state index contributed by atoms with van der Waals surface area (Å²) in [6, 6.07) is 14.3. The van der Waals surface area contributed by atoms with E-state index in [4.69, 9.17) is 4.74 Å². The molecule has 1 N–H and O–H groups in total. The van der Waals surface area contributed by atoms with Crippen LogP contribution in [0.15, 0.2) is 48.5 Å². The Kier molecular flexibility index (Phi) is 6.42. The summed E-state index contributed by atoms with van der Waals surface area (Å²) in [6.45, 7) is -0.0790. The molecular formula is C17H17IN2O4. The molecule has 0 spiro atoms. The molecular weight excluding hydrogens is 423 g/mol. The van der Waals surface area contributed by atoms with E-state index < -0.39 is 6.09 Å². The van der Waals surface area contributed by atoms with Crippen molar-refractivity contribution in [2.75, 3.05) is 31.0 Å². The number of carbonyl (C=O) groups excluding carboxylic acids is 2. The summed E-state index contributed by atoms with van der Waals surface area (Å²) in [4.78, 5) is 24.7. The lowest BCUT2D eigenvalue weighted by Crippen LogP contribution is -2.25. The minimum absolute atomic E-state index is 0.0790. The second-order valence-electron chi connectivity index (χ2n) is 4.87. The zero-order chi connectivity index (χ0) is 17.5. The highest BCUT2D eigenvalue weighted by Crippen LogP contribution is 2.18. The van der Waals surface area contributed by atoms with E-state index in [1.807, 2.05) is 24.3 Å². The summed E-state index contributed by atoms with van der Waals surface area (Å²) in [5.74, 6) is 0.378. The van der Waals surface area contributed by atoms with Gasteiger partial charge >= 0.3 is 6.09 Å². The molecule has 2 aromatic carbocycles. The third kappa shape index (κ3) is 5.12. The second kappa shape index (κ2) is 8.53. The number of benzene rings is 2. The van der Waals surface area contributed by atoms with E-state index in [9.17, 15) is 9.59 Å². The maximum absolute atomic E-state index is 11.9. The molecule has 0 radical (unpaired) electrons. The van der Waals surface area contributed by atoms with E-state index in [0.29, 0.717) is 17.1 Å². The molecule has 0 heterocycles. The summed E-state index contributed by atoms with van der Waals surface area (Å²) in [7, 11) is 2.93. The summed E-state index contributed by atoms with van der Waals surface area (Å²) in [5, 5.41) is 2.73. The first-order valence-corrected chi connectivity index (χ1v) is 8.17. The molecule has 0 aliphatic rings. The van der Waals surface area contributed by atoms with Crippen LogP contribution in [0.1, 0.15) is 0 Å². The van der Waals surface area contributed by atoms with Gasteiger partial charge in [0.15, 0.2) is 6.61 Å². The van der Waals surface area contributed by atoms with Gasteiger partial charge < -0.3 is 14.8 Å². The third-order valence-corrected chi connectivity index (χ3v) is 3.89. The fourth-order valence-electron chi connectivity index (χ4n) is 1.89. The standard InChI is InChI=1S/C17H17IN2O4/c1-20(17(22)23-2)14-7-5-13(6-8-14)19-16(21)11-24-15-9-3-12(18)4-10-15/h3-10H,11H2,1-2H3,(H,19,21). The van der Waals surface area contributed by atoms with E-state index in [-0.39, 0.29) is 12.5 Å². The molecule has 0 aromatic heterocycles. The number of anilines is 2. The quantitative estimate of drug-likeness (QED) is 0.723. The smallest absolute Gasteiger partial charge is 0.413 e. The van der Waals surface area contributed by atoms with Crippen LogP contribution >= 0.6 is 22.6 Å². The Morgan fingerprint density at radius 1 is 1.08 bits per heavy atom. The van der Waals surface area contributed by atoms with Crippen molar-refractivity contribution < 1.29 is 19.1 Å². The number of nitrogens with zero attached hydrogens (tertiary/aromatic N) is 1. The molecule has 2 rings (SSSR count). The van der Waals surface area contributed by atoms with Gasteiger partial charge in [0, 0.05) is 22.0 Å². The van der Waals surface area contributed by atoms with E-state index in [2.05, 4.69) is 32.6 Å². The van der Waals surface area contributed by atoms with Gasteiger partial charge in [-0.1, -0.05) is 0 Å². The molecule has 0 aliphatic carbocycles. The van der Waals surface area contributed by atoms with Gasteiger partial charge in [0.2, 0.25) is 0 Å². The highest BCUT2D eigenvalue weighted by Gasteiger charge is 2.10. The Bertz CT molecular complexity index is 702. The fourth-order valence-corrected chi connectivity index (χ4v) is 2.25. The first kappa shape index (κ1) is 18.1. The Labute approximate surface area is 153 Å². The van der Waals surface area contributed by atoms with Gasteiger partial charge in [-0.3, -0.25) is 9.69 Å². The largest absolute Gasteiger partial charge is 0.484 e. The number of rotatable bonds is 5. The molecule has 0 aliphatic heterocycles. The van der Waals surface area contributed by atoms with Crippen LogP contribution in [-0.2, 0) is 9.53 Å². The molecule has 0 unspecified atom stereocenters. The van der Waals surface area contributed by atoms with Crippen LogP contribution in [0, 0.1) is 3.57 Å². The van der Waals surface area contributed by atoms with Gasteiger partial charge in [-0.2, -0.15) is 0 Å². The van der Waals surface area contributed by atoms with Crippen LogP contribution in [0.3, 0.4) is 0 Å². The van der Waals surface area contributed by atoms with E-state index in [0.717, 1.165) is 3.57 Å². The lowest BCUT2D eigenvalue weighted by molar-refractivity contribution is -0.118. The average molecular weight is 440 g/mol. The van der Waals surface area contributed by atoms with Crippen LogP contribution in [-0.4, -0.2) is 32.8 Å². The number of amides is 2. The molecule has 0 saturated heterocycles. The van der Waals surface area contributed by atoms with E-state index in [1.165, 1.54) is 12.0 Å². The second-order valence-corrected chi connectivity index (χ2v) is 6.11. The zero-order valence-corrected chi connectivity index (χ0v) is 15.4. The van der Waals surface area contributed by atoms with Crippen LogP contribution in [0.25, 0.3) is 0 Å². The number of ether oxygens (including phenoxy) is 2. The van der Waals surface area contributed by atoms with Crippen molar-refractivity contribution in [3.8, 4) is 5.75 Å². The Morgan fingerprint density at radius 3 is 2.29 bits per heavy atom. The molecule has 6 nitrogen and oxygen atoms in total. The molecule has 0 fully saturated rings. The van der Waals surface area contributed by atoms with Crippen molar-refractivity contribution in [3.05, 3.63) is 52.1 Å². The summed E-state index contributed by atoms with van der Waals surface area (Å²) in [6.07, 6.45) is -0.460. The Balaban J connectivity index is 1.87. The number of methoxy groups -OCH3 is 1. The minimum atomic E-state index is -0.460. The van der Waals surface area contributed by atoms with E-state index >= 15 is 0 Å². The van der Waals surface area contributed by atoms with Crippen LogP contribution in [0.5, 0.6) is 5.75 Å². The molecule has 24 heavy (non-hydrogen) atoms. The summed E-state index contributed by atoms with van der Waals surface area (Å²) in [5.41, 5.74) is 1.28. The lowest BCUT2D eigenvalue weighted by atomic mass is 10.2. The summed E-state index contributed by atoms with van der Waals surface area (Å²) >= 11 is 2.20. The maximum atomic E-state index is 11.9. The van der Waals surface area contributed by atoms with Crippen molar-refractivity contribution in [3.63, 3.8) is 0 Å². The van der Waals surface area contributed by atoms with Gasteiger partial charge in [0.05, 0.1) is 7.11 Å². The van der Waals surface area contributed by atoms with Gasteiger partial charge in [0.1, 0.15) is 5.75 Å². The minimum Gasteiger partial charge on any atom is -0.484 e. The fraction of sp³-hybridized carbons (Fsp3) is 0.176. The Hall–Kier alpha value is -2.29. The van der Waals surface area contributed by atoms with Gasteiger partial charge in [-0.05, 0) is 71.1 Å². The molecule has 0 bridgehead atoms. The third-order valence-electron chi connectivity index (χ3n) is 3.17. The molecule has 7 heteroatoms. The van der Waals surface area contributed by atoms with Crippen LogP contribution in [0.2, 0.25) is 0 Å². The van der Waals surface area contributed by atoms with Crippen molar-refractivity contribution >= 4 is 46.0 Å². The highest BCUT2D eigenvalue weighted by molar-refractivity contribution is 14.1. The van der Waals surface area contributed by atoms with Crippen LogP contribution in [0.4, 0.5) is 16.2 Å². The van der Waals surface area contributed by atoms with Gasteiger partial charge in [-0.25, -0.2) is 4.79 Å². The number of nitrogens with one attached hydrogen (secondary N) is 1. The number of hydrogen-bond donors (Lipinski definition) is 1. The molecule has 2 aromatic rings. The monoisotopic (exact) mass is 440 g/mol. The average Bonchev–Trinajstić information content (AvgIpc) is 2.60. The van der Waals surface area contributed by atoms with Crippen molar-refractivity contribution in [1.29, 1.82) is 0 Å². The van der Waals surface area contributed by atoms with Crippen molar-refractivity contribution in [2.24, 2.45) is 0 Å². The maximum Gasteiger partial charge on any atom is 0.413 e. The van der Waals surface area contributed by atoms with Gasteiger partial charge in [-0.15, -0.1) is 0 Å². The number of hydrogen-bond acceptors (Lipinski definition) is 4. The molecule has 126 valence electrons. The Morgan fingerprint density at radius 2 is 1.71 bits per heavy atom. The van der Waals surface area contributed by atoms with E-state index in [1.54, 1.807) is 31.3 Å². The predicted octanol–water partition coefficient (Wildman–Crippen LogP) is 3.51. The normalized spacial score (nSPS) is 9.96. The molecule has 2 amide bonds. The molecule has 0 atom stereocenters. The topological polar surface area (TPSA) is 67.9 Å². The number of carbonyl (C=O) groups is 2. The lowest BCUT2D eigenvalue weighted by Gasteiger charge is -2.16. The van der Waals surface area contributed by atoms with Crippen LogP contribution < -0.4 is 15.0 Å². The summed E-state index contributed by atoms with van der Waals surface area (Å²) < 4.78 is 11.2. The highest BCUT2D eigenvalue weighted by atomic mass is 127. The van der Waals surface area contributed by atoms with Crippen molar-refractivity contribution in [1.82, 2.24) is 0 Å². The first-order chi connectivity index (χ1) is 11.5. The van der Waals surface area contributed by atoms with Gasteiger partial charge in [0.25, 0.3) is 5.91 Å². The first-order valence-electron chi connectivity index (χ1n) is 7.09. The zero-order valence-electron chi connectivity index (χ0n) is 13.3. The number of halogens is 1. The predicted molar refractivity (Wildman–Crippen MR) is 101 cm³/mol. The molecule has 0 saturated carbocycles. The SMILES string of the molecule is COC(=O)N(C)c1ccc(NC(=O)COc2ccc(I)cc2)cc1.